The number of aromatic nitrogens is 1. The summed E-state index contributed by atoms with van der Waals surface area (Å²) in [6.07, 6.45) is 2.55. The second-order valence-electron chi connectivity index (χ2n) is 4.28. The van der Waals surface area contributed by atoms with Gasteiger partial charge >= 0.3 is 0 Å². The van der Waals surface area contributed by atoms with Gasteiger partial charge in [0.05, 0.1) is 13.2 Å². The largest absolute Gasteiger partial charge is 0.488 e. The van der Waals surface area contributed by atoms with E-state index in [1.807, 2.05) is 6.92 Å². The van der Waals surface area contributed by atoms with Crippen LogP contribution in [0.15, 0.2) is 47.4 Å². The van der Waals surface area contributed by atoms with Crippen molar-refractivity contribution >= 4 is 0 Å². The monoisotopic (exact) mass is 261 g/mol. The van der Waals surface area contributed by atoms with E-state index in [0.29, 0.717) is 18.9 Å². The van der Waals surface area contributed by atoms with Crippen molar-refractivity contribution in [1.29, 1.82) is 0 Å². The maximum absolute atomic E-state index is 12.8. The minimum Gasteiger partial charge on any atom is -0.488 e. The lowest BCUT2D eigenvalue weighted by Gasteiger charge is -2.09. The zero-order valence-corrected chi connectivity index (χ0v) is 10.8. The first kappa shape index (κ1) is 13.3. The number of ether oxygens (including phenoxy) is 1. The molecule has 1 heterocycles. The first-order chi connectivity index (χ1) is 9.20. The first-order valence-electron chi connectivity index (χ1n) is 6.27. The van der Waals surface area contributed by atoms with Crippen molar-refractivity contribution in [3.05, 3.63) is 64.3 Å². The van der Waals surface area contributed by atoms with E-state index in [1.165, 1.54) is 12.1 Å². The van der Waals surface area contributed by atoms with E-state index in [2.05, 4.69) is 0 Å². The lowest BCUT2D eigenvalue weighted by molar-refractivity contribution is 0.310. The second kappa shape index (κ2) is 6.18. The molecule has 3 nitrogen and oxygen atoms in total. The molecule has 0 aliphatic carbocycles. The van der Waals surface area contributed by atoms with E-state index >= 15 is 0 Å². The minimum absolute atomic E-state index is 0.166. The Morgan fingerprint density at radius 1 is 1.21 bits per heavy atom. The van der Waals surface area contributed by atoms with Crippen molar-refractivity contribution in [3.63, 3.8) is 0 Å². The first-order valence-corrected chi connectivity index (χ1v) is 6.27. The molecule has 1 aromatic heterocycles. The topological polar surface area (TPSA) is 31.2 Å². The summed E-state index contributed by atoms with van der Waals surface area (Å²) in [4.78, 5) is 12.1. The molecule has 4 heteroatoms. The van der Waals surface area contributed by atoms with E-state index in [4.69, 9.17) is 4.74 Å². The number of halogens is 1. The van der Waals surface area contributed by atoms with Crippen LogP contribution in [0.25, 0.3) is 0 Å². The highest BCUT2D eigenvalue weighted by molar-refractivity contribution is 5.20. The van der Waals surface area contributed by atoms with Gasteiger partial charge in [-0.2, -0.15) is 0 Å². The van der Waals surface area contributed by atoms with Gasteiger partial charge in [0.25, 0.3) is 5.56 Å². The van der Waals surface area contributed by atoms with Crippen molar-refractivity contribution in [2.24, 2.45) is 0 Å². The minimum atomic E-state index is -0.281. The Labute approximate surface area is 111 Å². The van der Waals surface area contributed by atoms with E-state index < -0.39 is 0 Å². The Morgan fingerprint density at radius 3 is 2.63 bits per heavy atom. The standard InChI is InChI=1S/C15H16FNO2/c1-2-10-19-14-4-3-9-17(15(14)18)11-12-5-7-13(16)8-6-12/h3-9H,2,10-11H2,1H3. The third-order valence-electron chi connectivity index (χ3n) is 2.71. The molecule has 0 amide bonds. The van der Waals surface area contributed by atoms with Gasteiger partial charge in [0.1, 0.15) is 5.82 Å². The summed E-state index contributed by atoms with van der Waals surface area (Å²) in [5, 5.41) is 0. The smallest absolute Gasteiger partial charge is 0.293 e. The van der Waals surface area contributed by atoms with Crippen LogP contribution in [0.5, 0.6) is 5.75 Å². The molecular weight excluding hydrogens is 245 g/mol. The molecule has 0 radical (unpaired) electrons. The fourth-order valence-corrected chi connectivity index (χ4v) is 1.75. The van der Waals surface area contributed by atoms with Crippen molar-refractivity contribution < 1.29 is 9.13 Å². The highest BCUT2D eigenvalue weighted by Crippen LogP contribution is 2.07. The van der Waals surface area contributed by atoms with Crippen molar-refractivity contribution in [2.45, 2.75) is 19.9 Å². The predicted octanol–water partition coefficient (Wildman–Crippen LogP) is 2.82. The van der Waals surface area contributed by atoms with Crippen LogP contribution < -0.4 is 10.3 Å². The van der Waals surface area contributed by atoms with Crippen LogP contribution in [0.3, 0.4) is 0 Å². The Balaban J connectivity index is 2.20. The van der Waals surface area contributed by atoms with Crippen LogP contribution in [0, 0.1) is 5.82 Å². The molecule has 0 saturated carbocycles. The van der Waals surface area contributed by atoms with Gasteiger partial charge in [0.15, 0.2) is 5.75 Å². The summed E-state index contributed by atoms with van der Waals surface area (Å²) in [6.45, 7) is 2.91. The second-order valence-corrected chi connectivity index (χ2v) is 4.28. The van der Waals surface area contributed by atoms with E-state index in [-0.39, 0.29) is 11.4 Å². The number of rotatable bonds is 5. The molecule has 0 spiro atoms. The summed E-state index contributed by atoms with van der Waals surface area (Å²) in [5.74, 6) is 0.0718. The molecular formula is C15H16FNO2. The van der Waals surface area contributed by atoms with Gasteiger partial charge in [-0.1, -0.05) is 19.1 Å². The molecule has 0 bridgehead atoms. The summed E-state index contributed by atoms with van der Waals surface area (Å²) >= 11 is 0. The number of nitrogens with zero attached hydrogens (tertiary/aromatic N) is 1. The molecule has 1 aromatic carbocycles. The lowest BCUT2D eigenvalue weighted by Crippen LogP contribution is -2.21. The molecule has 0 fully saturated rings. The zero-order valence-electron chi connectivity index (χ0n) is 10.8. The SMILES string of the molecule is CCCOc1cccn(Cc2ccc(F)cc2)c1=O. The van der Waals surface area contributed by atoms with Crippen LogP contribution in [0.1, 0.15) is 18.9 Å². The van der Waals surface area contributed by atoms with Gasteiger partial charge in [-0.25, -0.2) is 4.39 Å². The van der Waals surface area contributed by atoms with Crippen molar-refractivity contribution in [3.8, 4) is 5.75 Å². The summed E-state index contributed by atoms with van der Waals surface area (Å²) in [5.41, 5.74) is 0.705. The van der Waals surface area contributed by atoms with Crippen LogP contribution in [-0.4, -0.2) is 11.2 Å². The highest BCUT2D eigenvalue weighted by Gasteiger charge is 2.04. The van der Waals surface area contributed by atoms with Gasteiger partial charge in [0, 0.05) is 6.20 Å². The molecule has 0 N–H and O–H groups in total. The Bertz CT molecular complexity index is 590. The van der Waals surface area contributed by atoms with Gasteiger partial charge < -0.3 is 9.30 Å². The zero-order chi connectivity index (χ0) is 13.7. The summed E-state index contributed by atoms with van der Waals surface area (Å²) in [7, 11) is 0. The summed E-state index contributed by atoms with van der Waals surface area (Å²) in [6, 6.07) is 9.55. The van der Waals surface area contributed by atoms with Crippen molar-refractivity contribution in [1.82, 2.24) is 4.57 Å². The normalized spacial score (nSPS) is 10.4. The van der Waals surface area contributed by atoms with Crippen LogP contribution >= 0.6 is 0 Å². The van der Waals surface area contributed by atoms with Gasteiger partial charge in [-0.3, -0.25) is 4.79 Å². The Kier molecular flexibility index (Phi) is 4.34. The van der Waals surface area contributed by atoms with Crippen molar-refractivity contribution in [2.75, 3.05) is 6.61 Å². The van der Waals surface area contributed by atoms with Gasteiger partial charge in [0.2, 0.25) is 0 Å². The van der Waals surface area contributed by atoms with Crippen LogP contribution in [0.4, 0.5) is 4.39 Å². The average Bonchev–Trinajstić information content (AvgIpc) is 2.42. The summed E-state index contributed by atoms with van der Waals surface area (Å²) < 4.78 is 19.8. The Morgan fingerprint density at radius 2 is 1.95 bits per heavy atom. The molecule has 2 aromatic rings. The third kappa shape index (κ3) is 3.44. The third-order valence-corrected chi connectivity index (χ3v) is 2.71. The Hall–Kier alpha value is -2.10. The van der Waals surface area contributed by atoms with E-state index in [9.17, 15) is 9.18 Å². The van der Waals surface area contributed by atoms with E-state index in [1.54, 1.807) is 35.0 Å². The van der Waals surface area contributed by atoms with E-state index in [0.717, 1.165) is 12.0 Å². The quantitative estimate of drug-likeness (QED) is 0.828. The number of pyridine rings is 1. The fraction of sp³-hybridized carbons (Fsp3) is 0.267. The molecule has 0 aliphatic rings. The molecule has 0 saturated heterocycles. The van der Waals surface area contributed by atoms with Crippen LogP contribution in [0.2, 0.25) is 0 Å². The maximum Gasteiger partial charge on any atom is 0.293 e. The average molecular weight is 261 g/mol. The molecule has 0 atom stereocenters. The number of hydrogen-bond donors (Lipinski definition) is 0. The number of hydrogen-bond acceptors (Lipinski definition) is 2. The maximum atomic E-state index is 12.8. The van der Waals surface area contributed by atoms with Crippen LogP contribution in [-0.2, 0) is 6.54 Å². The highest BCUT2D eigenvalue weighted by atomic mass is 19.1. The lowest BCUT2D eigenvalue weighted by atomic mass is 10.2. The van der Waals surface area contributed by atoms with Gasteiger partial charge in [-0.05, 0) is 36.2 Å². The predicted molar refractivity (Wildman–Crippen MR) is 72.0 cm³/mol. The molecule has 0 aliphatic heterocycles. The number of benzene rings is 1. The fourth-order valence-electron chi connectivity index (χ4n) is 1.75. The molecule has 19 heavy (non-hydrogen) atoms. The molecule has 100 valence electrons. The molecule has 0 unspecified atom stereocenters. The van der Waals surface area contributed by atoms with Gasteiger partial charge in [-0.15, -0.1) is 0 Å². The molecule has 2 rings (SSSR count).